The molecule has 0 spiro atoms. The second kappa shape index (κ2) is 7.86. The van der Waals surface area contributed by atoms with Crippen LogP contribution in [0.4, 0.5) is 5.69 Å². The third-order valence-corrected chi connectivity index (χ3v) is 3.27. The molecule has 0 aliphatic rings. The normalized spacial score (nSPS) is 10.6. The Balaban J connectivity index is 1.83. The molecule has 0 fully saturated rings. The van der Waals surface area contributed by atoms with Crippen molar-refractivity contribution in [2.75, 3.05) is 11.9 Å². The van der Waals surface area contributed by atoms with Gasteiger partial charge in [0.2, 0.25) is 5.91 Å². The number of halogens is 1. The van der Waals surface area contributed by atoms with Crippen LogP contribution in [0.25, 0.3) is 0 Å². The minimum absolute atomic E-state index is 0.0546. The van der Waals surface area contributed by atoms with E-state index in [1.165, 1.54) is 5.56 Å². The maximum absolute atomic E-state index is 12.0. The van der Waals surface area contributed by atoms with Crippen molar-refractivity contribution in [2.24, 2.45) is 0 Å². The van der Waals surface area contributed by atoms with Crippen LogP contribution >= 0.6 is 11.6 Å². The van der Waals surface area contributed by atoms with E-state index in [0.29, 0.717) is 11.6 Å². The van der Waals surface area contributed by atoms with E-state index in [4.69, 9.17) is 11.6 Å². The number of benzene rings is 1. The summed E-state index contributed by atoms with van der Waals surface area (Å²) in [6.07, 6.45) is 5.03. The molecule has 21 heavy (non-hydrogen) atoms. The highest BCUT2D eigenvalue weighted by Crippen LogP contribution is 2.13. The Morgan fingerprint density at radius 3 is 2.71 bits per heavy atom. The smallest absolute Gasteiger partial charge is 0.244 e. The minimum Gasteiger partial charge on any atom is -0.345 e. The fraction of sp³-hybridized carbons (Fsp3) is 0.312. The van der Waals surface area contributed by atoms with Crippen molar-refractivity contribution >= 4 is 23.2 Å². The number of carbonyl (C=O) groups excluding carboxylic acids is 1. The van der Waals surface area contributed by atoms with E-state index in [9.17, 15) is 4.79 Å². The molecule has 0 aliphatic heterocycles. The van der Waals surface area contributed by atoms with Gasteiger partial charge in [0.05, 0.1) is 0 Å². The third kappa shape index (κ3) is 5.25. The van der Waals surface area contributed by atoms with Gasteiger partial charge in [0.1, 0.15) is 6.54 Å². The average Bonchev–Trinajstić information content (AvgIpc) is 2.89. The quantitative estimate of drug-likeness (QED) is 0.771. The van der Waals surface area contributed by atoms with Crippen LogP contribution in [0.5, 0.6) is 0 Å². The van der Waals surface area contributed by atoms with Crippen LogP contribution in [0, 0.1) is 0 Å². The molecule has 2 N–H and O–H groups in total. The molecule has 0 saturated carbocycles. The monoisotopic (exact) mass is 305 g/mol. The van der Waals surface area contributed by atoms with Gasteiger partial charge in [-0.3, -0.25) is 4.79 Å². The highest BCUT2D eigenvalue weighted by molar-refractivity contribution is 6.30. The molecule has 0 aliphatic carbocycles. The molecule has 0 radical (unpaired) electrons. The fourth-order valence-corrected chi connectivity index (χ4v) is 2.13. The van der Waals surface area contributed by atoms with E-state index >= 15 is 0 Å². The molecule has 2 rings (SSSR count). The first-order valence-corrected chi connectivity index (χ1v) is 7.46. The number of amides is 1. The second-order valence-electron chi connectivity index (χ2n) is 4.92. The van der Waals surface area contributed by atoms with Crippen LogP contribution in [0.1, 0.15) is 18.9 Å². The molecular weight excluding hydrogens is 286 g/mol. The summed E-state index contributed by atoms with van der Waals surface area (Å²) in [7, 11) is 0. The molecule has 1 heterocycles. The summed E-state index contributed by atoms with van der Waals surface area (Å²) in [5.74, 6) is -0.0546. The largest absolute Gasteiger partial charge is 0.345 e. The summed E-state index contributed by atoms with van der Waals surface area (Å²) in [5, 5.41) is 6.84. The number of hydrogen-bond donors (Lipinski definition) is 2. The lowest BCUT2D eigenvalue weighted by molar-refractivity contribution is -0.116. The molecule has 112 valence electrons. The number of nitrogens with zero attached hydrogens (tertiary/aromatic N) is 1. The Bertz CT molecular complexity index is 577. The Labute approximate surface area is 130 Å². The highest BCUT2D eigenvalue weighted by atomic mass is 35.5. The van der Waals surface area contributed by atoms with E-state index in [1.54, 1.807) is 24.3 Å². The second-order valence-corrected chi connectivity index (χ2v) is 5.36. The van der Waals surface area contributed by atoms with Crippen LogP contribution in [-0.2, 0) is 17.9 Å². The molecule has 2 aromatic rings. The number of hydrogen-bond acceptors (Lipinski definition) is 2. The summed E-state index contributed by atoms with van der Waals surface area (Å²) < 4.78 is 1.88. The van der Waals surface area contributed by atoms with Crippen LogP contribution in [0.3, 0.4) is 0 Å². The lowest BCUT2D eigenvalue weighted by Gasteiger charge is -2.06. The molecule has 0 unspecified atom stereocenters. The van der Waals surface area contributed by atoms with Crippen molar-refractivity contribution in [3.63, 3.8) is 0 Å². The first-order chi connectivity index (χ1) is 10.2. The SMILES string of the molecule is CCCNCc1ccn(CC(=O)Nc2ccc(Cl)cc2)c1. The van der Waals surface area contributed by atoms with Gasteiger partial charge in [-0.05, 0) is 48.9 Å². The zero-order valence-corrected chi connectivity index (χ0v) is 12.9. The lowest BCUT2D eigenvalue weighted by atomic mass is 10.3. The summed E-state index contributed by atoms with van der Waals surface area (Å²) in [4.78, 5) is 12.0. The number of carbonyl (C=O) groups is 1. The summed E-state index contributed by atoms with van der Waals surface area (Å²) >= 11 is 5.81. The molecule has 0 bridgehead atoms. The highest BCUT2D eigenvalue weighted by Gasteiger charge is 2.04. The number of aromatic nitrogens is 1. The van der Waals surface area contributed by atoms with Crippen LogP contribution in [-0.4, -0.2) is 17.0 Å². The Morgan fingerprint density at radius 1 is 1.24 bits per heavy atom. The zero-order valence-electron chi connectivity index (χ0n) is 12.1. The van der Waals surface area contributed by atoms with Gasteiger partial charge < -0.3 is 15.2 Å². The molecule has 1 amide bonds. The van der Waals surface area contributed by atoms with E-state index in [-0.39, 0.29) is 5.91 Å². The topological polar surface area (TPSA) is 46.1 Å². The molecule has 1 aromatic heterocycles. The number of anilines is 1. The van der Waals surface area contributed by atoms with E-state index < -0.39 is 0 Å². The Kier molecular flexibility index (Phi) is 5.84. The molecule has 1 aromatic carbocycles. The van der Waals surface area contributed by atoms with Crippen LogP contribution in [0.15, 0.2) is 42.7 Å². The summed E-state index contributed by atoms with van der Waals surface area (Å²) in [6.45, 7) is 4.28. The standard InChI is InChI=1S/C16H20ClN3O/c1-2-8-18-10-13-7-9-20(11-13)12-16(21)19-15-5-3-14(17)4-6-15/h3-7,9,11,18H,2,8,10,12H2,1H3,(H,19,21). The van der Waals surface area contributed by atoms with E-state index in [1.807, 2.05) is 23.0 Å². The van der Waals surface area contributed by atoms with Crippen LogP contribution in [0.2, 0.25) is 5.02 Å². The maximum Gasteiger partial charge on any atom is 0.244 e. The summed E-state index contributed by atoms with van der Waals surface area (Å²) in [5.41, 5.74) is 1.93. The van der Waals surface area contributed by atoms with Crippen molar-refractivity contribution in [2.45, 2.75) is 26.4 Å². The molecule has 0 atom stereocenters. The van der Waals surface area contributed by atoms with Crippen molar-refractivity contribution in [3.05, 3.63) is 53.3 Å². The van der Waals surface area contributed by atoms with Crippen LogP contribution < -0.4 is 10.6 Å². The molecule has 4 nitrogen and oxygen atoms in total. The van der Waals surface area contributed by atoms with Gasteiger partial charge in [-0.2, -0.15) is 0 Å². The predicted molar refractivity (Wildman–Crippen MR) is 86.5 cm³/mol. The lowest BCUT2D eigenvalue weighted by Crippen LogP contribution is -2.18. The third-order valence-electron chi connectivity index (χ3n) is 3.02. The van der Waals surface area contributed by atoms with Gasteiger partial charge in [0.15, 0.2) is 0 Å². The van der Waals surface area contributed by atoms with Gasteiger partial charge in [-0.25, -0.2) is 0 Å². The van der Waals surface area contributed by atoms with Gasteiger partial charge in [0, 0.05) is 29.6 Å². The van der Waals surface area contributed by atoms with E-state index in [2.05, 4.69) is 17.6 Å². The van der Waals surface area contributed by atoms with Crippen molar-refractivity contribution in [1.29, 1.82) is 0 Å². The maximum atomic E-state index is 12.0. The molecule has 5 heteroatoms. The van der Waals surface area contributed by atoms with E-state index in [0.717, 1.165) is 25.2 Å². The first-order valence-electron chi connectivity index (χ1n) is 7.08. The molecule has 0 saturated heterocycles. The summed E-state index contributed by atoms with van der Waals surface area (Å²) in [6, 6.07) is 9.11. The van der Waals surface area contributed by atoms with Gasteiger partial charge in [0.25, 0.3) is 0 Å². The van der Waals surface area contributed by atoms with Gasteiger partial charge >= 0.3 is 0 Å². The van der Waals surface area contributed by atoms with Crippen molar-refractivity contribution in [1.82, 2.24) is 9.88 Å². The van der Waals surface area contributed by atoms with Gasteiger partial charge in [-0.15, -0.1) is 0 Å². The fourth-order valence-electron chi connectivity index (χ4n) is 2.00. The first kappa shape index (κ1) is 15.6. The minimum atomic E-state index is -0.0546. The zero-order chi connectivity index (χ0) is 15.1. The molecular formula is C16H20ClN3O. The Morgan fingerprint density at radius 2 is 2.00 bits per heavy atom. The average molecular weight is 306 g/mol. The van der Waals surface area contributed by atoms with Gasteiger partial charge in [-0.1, -0.05) is 18.5 Å². The number of nitrogens with one attached hydrogen (secondary N) is 2. The van der Waals surface area contributed by atoms with Crippen molar-refractivity contribution < 1.29 is 4.79 Å². The predicted octanol–water partition coefficient (Wildman–Crippen LogP) is 3.28. The Hall–Kier alpha value is -1.78. The number of rotatable bonds is 7. The van der Waals surface area contributed by atoms with Crippen molar-refractivity contribution in [3.8, 4) is 0 Å².